The van der Waals surface area contributed by atoms with E-state index in [-0.39, 0.29) is 0 Å². The van der Waals surface area contributed by atoms with Crippen LogP contribution in [0.15, 0.2) is 47.5 Å². The van der Waals surface area contributed by atoms with E-state index >= 15 is 0 Å². The van der Waals surface area contributed by atoms with Gasteiger partial charge in [-0.2, -0.15) is 5.10 Å². The van der Waals surface area contributed by atoms with Crippen LogP contribution in [0.3, 0.4) is 0 Å². The highest BCUT2D eigenvalue weighted by atomic mass is 16.5. The van der Waals surface area contributed by atoms with Crippen LogP contribution in [0.4, 0.5) is 0 Å². The highest BCUT2D eigenvalue weighted by molar-refractivity contribution is 6.01. The lowest BCUT2D eigenvalue weighted by atomic mass is 10.0. The van der Waals surface area contributed by atoms with Gasteiger partial charge >= 0.3 is 0 Å². The fourth-order valence-electron chi connectivity index (χ4n) is 2.66. The Morgan fingerprint density at radius 1 is 1.22 bits per heavy atom. The molecule has 5 nitrogen and oxygen atoms in total. The summed E-state index contributed by atoms with van der Waals surface area (Å²) in [5, 5.41) is 4.31. The summed E-state index contributed by atoms with van der Waals surface area (Å²) in [5.41, 5.74) is 11.1. The van der Waals surface area contributed by atoms with Crippen LogP contribution in [0.2, 0.25) is 0 Å². The first kappa shape index (κ1) is 22.6. The molecule has 27 heavy (non-hydrogen) atoms. The largest absolute Gasteiger partial charge is 0.398 e. The number of hydrogen-bond acceptors (Lipinski definition) is 4. The van der Waals surface area contributed by atoms with Crippen molar-refractivity contribution in [3.8, 4) is 0 Å². The van der Waals surface area contributed by atoms with Gasteiger partial charge in [-0.3, -0.25) is 9.67 Å². The molecule has 0 aliphatic rings. The van der Waals surface area contributed by atoms with Gasteiger partial charge in [0.25, 0.3) is 0 Å². The molecule has 2 aromatic rings. The lowest BCUT2D eigenvalue weighted by Crippen LogP contribution is -2.07. The first-order chi connectivity index (χ1) is 12.8. The zero-order valence-corrected chi connectivity index (χ0v) is 17.7. The number of allylic oxidation sites excluding steroid dienone is 1. The van der Waals surface area contributed by atoms with Crippen LogP contribution < -0.4 is 5.73 Å². The zero-order valence-electron chi connectivity index (χ0n) is 17.7. The number of nitrogens with zero attached hydrogens (tertiary/aromatic N) is 3. The minimum absolute atomic E-state index is 0.400. The molecule has 0 amide bonds. The van der Waals surface area contributed by atoms with Crippen LogP contribution in [0.25, 0.3) is 5.70 Å². The molecular formula is C22H34N4O. The van der Waals surface area contributed by atoms with E-state index in [1.807, 2.05) is 48.1 Å². The van der Waals surface area contributed by atoms with Gasteiger partial charge in [-0.1, -0.05) is 58.0 Å². The molecule has 0 bridgehead atoms. The second kappa shape index (κ2) is 11.3. The van der Waals surface area contributed by atoms with Crippen molar-refractivity contribution < 1.29 is 4.74 Å². The van der Waals surface area contributed by atoms with Crippen LogP contribution in [0, 0.1) is 5.92 Å². The number of ether oxygens (including phenoxy) is 1. The summed E-state index contributed by atoms with van der Waals surface area (Å²) < 4.78 is 6.92. The molecular weight excluding hydrogens is 336 g/mol. The summed E-state index contributed by atoms with van der Waals surface area (Å²) >= 11 is 0. The molecule has 0 aliphatic carbocycles. The number of methoxy groups -OCH3 is 1. The van der Waals surface area contributed by atoms with E-state index in [1.165, 1.54) is 5.69 Å². The molecule has 0 saturated carbocycles. The van der Waals surface area contributed by atoms with Crippen molar-refractivity contribution in [2.45, 2.75) is 40.2 Å². The fourth-order valence-corrected chi connectivity index (χ4v) is 2.66. The third-order valence-electron chi connectivity index (χ3n) is 4.11. The molecule has 0 aliphatic heterocycles. The van der Waals surface area contributed by atoms with Crippen molar-refractivity contribution in [1.82, 2.24) is 9.78 Å². The van der Waals surface area contributed by atoms with Crippen molar-refractivity contribution in [3.05, 3.63) is 59.4 Å². The zero-order chi connectivity index (χ0) is 20.4. The van der Waals surface area contributed by atoms with E-state index in [4.69, 9.17) is 10.5 Å². The Balaban J connectivity index is 0.000000277. The Labute approximate surface area is 164 Å². The molecule has 0 saturated heterocycles. The Kier molecular flexibility index (Phi) is 9.51. The standard InChI is InChI=1S/C13H18N2.C9H16N2O/c1-10(2)13(15-3)9-12(14)11-7-5-4-6-8-11;1-7(2)9-5-8(6-12-4)10-11(9)3/h4-10H,14H2,1-3H3;5,7H,6H2,1-4H3/b12-9-,15-13?;. The number of rotatable bonds is 6. The Hall–Kier alpha value is -2.40. The molecule has 1 heterocycles. The maximum absolute atomic E-state index is 5.99. The molecule has 2 rings (SSSR count). The van der Waals surface area contributed by atoms with Crippen molar-refractivity contribution >= 4 is 11.4 Å². The van der Waals surface area contributed by atoms with Gasteiger partial charge in [0, 0.05) is 38.3 Å². The normalized spacial score (nSPS) is 12.3. The van der Waals surface area contributed by atoms with Crippen LogP contribution >= 0.6 is 0 Å². The third-order valence-corrected chi connectivity index (χ3v) is 4.11. The summed E-state index contributed by atoms with van der Waals surface area (Å²) in [6, 6.07) is 12.0. The van der Waals surface area contributed by atoms with E-state index in [0.29, 0.717) is 18.4 Å². The third kappa shape index (κ3) is 7.39. The summed E-state index contributed by atoms with van der Waals surface area (Å²) in [6.07, 6.45) is 1.94. The molecule has 0 atom stereocenters. The average Bonchev–Trinajstić information content (AvgIpc) is 3.01. The maximum atomic E-state index is 5.99. The van der Waals surface area contributed by atoms with E-state index < -0.39 is 0 Å². The lowest BCUT2D eigenvalue weighted by molar-refractivity contribution is 0.181. The van der Waals surface area contributed by atoms with Crippen LogP contribution in [-0.4, -0.2) is 29.6 Å². The summed E-state index contributed by atoms with van der Waals surface area (Å²) in [7, 11) is 5.45. The molecule has 1 aromatic heterocycles. The molecule has 0 fully saturated rings. The first-order valence-corrected chi connectivity index (χ1v) is 9.31. The van der Waals surface area contributed by atoms with Gasteiger partial charge in [-0.15, -0.1) is 0 Å². The molecule has 0 unspecified atom stereocenters. The summed E-state index contributed by atoms with van der Waals surface area (Å²) in [5.74, 6) is 0.922. The van der Waals surface area contributed by atoms with E-state index in [2.05, 4.69) is 43.9 Å². The van der Waals surface area contributed by atoms with E-state index in [1.54, 1.807) is 14.2 Å². The fraction of sp³-hybridized carbons (Fsp3) is 0.455. The minimum atomic E-state index is 0.400. The monoisotopic (exact) mass is 370 g/mol. The van der Waals surface area contributed by atoms with Gasteiger partial charge in [0.15, 0.2) is 0 Å². The van der Waals surface area contributed by atoms with Crippen LogP contribution in [0.5, 0.6) is 0 Å². The van der Waals surface area contributed by atoms with Gasteiger partial charge in [0.1, 0.15) is 0 Å². The van der Waals surface area contributed by atoms with Crippen molar-refractivity contribution in [2.24, 2.45) is 23.7 Å². The molecule has 0 spiro atoms. The number of hydrogen-bond donors (Lipinski definition) is 1. The summed E-state index contributed by atoms with van der Waals surface area (Å²) in [4.78, 5) is 4.21. The predicted octanol–water partition coefficient (Wildman–Crippen LogP) is 4.40. The van der Waals surface area contributed by atoms with Gasteiger partial charge in [0.05, 0.1) is 12.3 Å². The topological polar surface area (TPSA) is 65.4 Å². The van der Waals surface area contributed by atoms with Crippen molar-refractivity contribution in [1.29, 1.82) is 0 Å². The van der Waals surface area contributed by atoms with Gasteiger partial charge in [-0.25, -0.2) is 0 Å². The Morgan fingerprint density at radius 3 is 2.30 bits per heavy atom. The quantitative estimate of drug-likeness (QED) is 0.766. The predicted molar refractivity (Wildman–Crippen MR) is 115 cm³/mol. The molecule has 5 heteroatoms. The van der Waals surface area contributed by atoms with Crippen LogP contribution in [0.1, 0.15) is 50.6 Å². The second-order valence-corrected chi connectivity index (χ2v) is 7.04. The highest BCUT2D eigenvalue weighted by Crippen LogP contribution is 2.14. The molecule has 2 N–H and O–H groups in total. The van der Waals surface area contributed by atoms with Gasteiger partial charge in [0.2, 0.25) is 0 Å². The second-order valence-electron chi connectivity index (χ2n) is 7.04. The number of nitrogens with two attached hydrogens (primary N) is 1. The number of aliphatic imine (C=N–C) groups is 1. The van der Waals surface area contributed by atoms with Crippen molar-refractivity contribution in [2.75, 3.05) is 14.2 Å². The van der Waals surface area contributed by atoms with Crippen LogP contribution in [-0.2, 0) is 18.4 Å². The van der Waals surface area contributed by atoms with E-state index in [0.717, 1.165) is 22.7 Å². The Bertz CT molecular complexity index is 743. The molecule has 1 aromatic carbocycles. The van der Waals surface area contributed by atoms with Crippen molar-refractivity contribution in [3.63, 3.8) is 0 Å². The summed E-state index contributed by atoms with van der Waals surface area (Å²) in [6.45, 7) is 9.13. The molecule has 0 radical (unpaired) electrons. The first-order valence-electron chi connectivity index (χ1n) is 9.31. The maximum Gasteiger partial charge on any atom is 0.0902 e. The number of aromatic nitrogens is 2. The smallest absolute Gasteiger partial charge is 0.0902 e. The highest BCUT2D eigenvalue weighted by Gasteiger charge is 2.07. The molecule has 148 valence electrons. The minimum Gasteiger partial charge on any atom is -0.398 e. The average molecular weight is 371 g/mol. The lowest BCUT2D eigenvalue weighted by Gasteiger charge is -2.06. The number of benzene rings is 1. The van der Waals surface area contributed by atoms with Gasteiger partial charge in [-0.05, 0) is 29.5 Å². The number of aryl methyl sites for hydroxylation is 1. The SMILES string of the molecule is CN=C(/C=C(\N)c1ccccc1)C(C)C.COCc1cc(C(C)C)n(C)n1. The Morgan fingerprint density at radius 2 is 1.85 bits per heavy atom. The van der Waals surface area contributed by atoms with Gasteiger partial charge < -0.3 is 10.5 Å². The van der Waals surface area contributed by atoms with E-state index in [9.17, 15) is 0 Å².